The fourth-order valence-corrected chi connectivity index (χ4v) is 1.16. The molecule has 0 amide bonds. The zero-order valence-electron chi connectivity index (χ0n) is 8.29. The summed E-state index contributed by atoms with van der Waals surface area (Å²) in [5.41, 5.74) is 6.02. The highest BCUT2D eigenvalue weighted by Gasteiger charge is 2.27. The summed E-state index contributed by atoms with van der Waals surface area (Å²) in [5, 5.41) is 8.88. The summed E-state index contributed by atoms with van der Waals surface area (Å²) in [4.78, 5) is 0. The highest BCUT2D eigenvalue weighted by atomic mass is 19.1. The monoisotopic (exact) mass is 192 g/mol. The maximum Gasteiger partial charge on any atom is 0.123 e. The van der Waals surface area contributed by atoms with Crippen LogP contribution >= 0.6 is 0 Å². The van der Waals surface area contributed by atoms with E-state index in [0.717, 1.165) is 5.56 Å². The molecule has 1 rings (SSSR count). The summed E-state index contributed by atoms with van der Waals surface area (Å²) in [6.07, 6.45) is 0. The molecule has 0 unspecified atom stereocenters. The largest absolute Gasteiger partial charge is 0.323 e. The molecular weight excluding hydrogens is 179 g/mol. The van der Waals surface area contributed by atoms with E-state index in [2.05, 4.69) is 6.07 Å². The Balaban J connectivity index is 2.96. The SMILES string of the molecule is CC(C)(C#N)[C@H](N)c1ccc(F)cc1. The highest BCUT2D eigenvalue weighted by molar-refractivity contribution is 5.23. The van der Waals surface area contributed by atoms with Crippen molar-refractivity contribution in [3.63, 3.8) is 0 Å². The summed E-state index contributed by atoms with van der Waals surface area (Å²) in [7, 11) is 0. The quantitative estimate of drug-likeness (QED) is 0.782. The number of hydrogen-bond donors (Lipinski definition) is 1. The Morgan fingerprint density at radius 3 is 2.29 bits per heavy atom. The van der Waals surface area contributed by atoms with Crippen molar-refractivity contribution in [1.82, 2.24) is 0 Å². The average molecular weight is 192 g/mol. The molecule has 0 bridgehead atoms. The minimum atomic E-state index is -0.641. The zero-order chi connectivity index (χ0) is 10.8. The molecule has 1 aromatic rings. The Morgan fingerprint density at radius 1 is 1.36 bits per heavy atom. The smallest absolute Gasteiger partial charge is 0.123 e. The van der Waals surface area contributed by atoms with Crippen LogP contribution in [-0.2, 0) is 0 Å². The second kappa shape index (κ2) is 3.77. The van der Waals surface area contributed by atoms with Gasteiger partial charge in [-0.1, -0.05) is 12.1 Å². The van der Waals surface area contributed by atoms with Crippen LogP contribution < -0.4 is 5.73 Å². The highest BCUT2D eigenvalue weighted by Crippen LogP contribution is 2.30. The average Bonchev–Trinajstić information content (AvgIpc) is 2.18. The van der Waals surface area contributed by atoms with Crippen molar-refractivity contribution in [2.45, 2.75) is 19.9 Å². The van der Waals surface area contributed by atoms with Crippen LogP contribution in [0, 0.1) is 22.6 Å². The second-order valence-corrected chi connectivity index (χ2v) is 3.86. The van der Waals surface area contributed by atoms with Crippen molar-refractivity contribution in [3.05, 3.63) is 35.6 Å². The Morgan fingerprint density at radius 2 is 1.86 bits per heavy atom. The standard InChI is InChI=1S/C11H13FN2/c1-11(2,7-13)10(14)8-3-5-9(12)6-4-8/h3-6,10H,14H2,1-2H3/t10-/m1/s1. The van der Waals surface area contributed by atoms with Crippen molar-refractivity contribution >= 4 is 0 Å². The van der Waals surface area contributed by atoms with Gasteiger partial charge >= 0.3 is 0 Å². The summed E-state index contributed by atoms with van der Waals surface area (Å²) in [6, 6.07) is 7.66. The summed E-state index contributed by atoms with van der Waals surface area (Å²) < 4.78 is 12.6. The molecule has 0 radical (unpaired) electrons. The number of rotatable bonds is 2. The molecule has 74 valence electrons. The van der Waals surface area contributed by atoms with E-state index in [9.17, 15) is 4.39 Å². The minimum Gasteiger partial charge on any atom is -0.323 e. The first-order chi connectivity index (χ1) is 6.47. The van der Waals surface area contributed by atoms with Crippen LogP contribution in [0.15, 0.2) is 24.3 Å². The number of nitrogens with zero attached hydrogens (tertiary/aromatic N) is 1. The first kappa shape index (κ1) is 10.7. The molecule has 0 saturated carbocycles. The van der Waals surface area contributed by atoms with Gasteiger partial charge in [-0.15, -0.1) is 0 Å². The third kappa shape index (κ3) is 2.09. The van der Waals surface area contributed by atoms with Crippen molar-refractivity contribution in [3.8, 4) is 6.07 Å². The first-order valence-electron chi connectivity index (χ1n) is 4.39. The van der Waals surface area contributed by atoms with E-state index in [4.69, 9.17) is 11.0 Å². The van der Waals surface area contributed by atoms with E-state index < -0.39 is 11.5 Å². The first-order valence-corrected chi connectivity index (χ1v) is 4.39. The molecule has 0 saturated heterocycles. The maximum atomic E-state index is 12.6. The van der Waals surface area contributed by atoms with Gasteiger partial charge in [-0.3, -0.25) is 0 Å². The van der Waals surface area contributed by atoms with Gasteiger partial charge in [0, 0.05) is 6.04 Å². The molecule has 0 aliphatic heterocycles. The molecule has 2 nitrogen and oxygen atoms in total. The van der Waals surface area contributed by atoms with Gasteiger partial charge in [0.2, 0.25) is 0 Å². The molecule has 2 N–H and O–H groups in total. The van der Waals surface area contributed by atoms with Crippen LogP contribution in [0.1, 0.15) is 25.5 Å². The second-order valence-electron chi connectivity index (χ2n) is 3.86. The predicted octanol–water partition coefficient (Wildman–Crippen LogP) is 2.38. The van der Waals surface area contributed by atoms with Gasteiger partial charge in [0.1, 0.15) is 5.82 Å². The normalized spacial score (nSPS) is 13.4. The molecule has 3 heteroatoms. The molecular formula is C11H13FN2. The number of nitrogens with two attached hydrogens (primary N) is 1. The third-order valence-corrected chi connectivity index (χ3v) is 2.29. The van der Waals surface area contributed by atoms with Crippen LogP contribution in [0.2, 0.25) is 0 Å². The molecule has 0 aromatic heterocycles. The van der Waals surface area contributed by atoms with E-state index in [-0.39, 0.29) is 5.82 Å². The van der Waals surface area contributed by atoms with Crippen molar-refractivity contribution in [1.29, 1.82) is 5.26 Å². The zero-order valence-corrected chi connectivity index (χ0v) is 8.29. The van der Waals surface area contributed by atoms with E-state index >= 15 is 0 Å². The van der Waals surface area contributed by atoms with Gasteiger partial charge in [0.15, 0.2) is 0 Å². The van der Waals surface area contributed by atoms with Crippen molar-refractivity contribution < 1.29 is 4.39 Å². The summed E-state index contributed by atoms with van der Waals surface area (Å²) in [6.45, 7) is 3.53. The fraction of sp³-hybridized carbons (Fsp3) is 0.364. The lowest BCUT2D eigenvalue weighted by atomic mass is 9.82. The molecule has 0 aliphatic rings. The maximum absolute atomic E-state index is 12.6. The van der Waals surface area contributed by atoms with Gasteiger partial charge in [0.05, 0.1) is 11.5 Å². The molecule has 0 heterocycles. The van der Waals surface area contributed by atoms with E-state index in [1.165, 1.54) is 12.1 Å². The van der Waals surface area contributed by atoms with Crippen molar-refractivity contribution in [2.75, 3.05) is 0 Å². The van der Waals surface area contributed by atoms with Crippen LogP contribution in [0.5, 0.6) is 0 Å². The van der Waals surface area contributed by atoms with Crippen LogP contribution in [0.25, 0.3) is 0 Å². The van der Waals surface area contributed by atoms with Gasteiger partial charge in [-0.2, -0.15) is 5.26 Å². The third-order valence-electron chi connectivity index (χ3n) is 2.29. The molecule has 0 fully saturated rings. The number of halogens is 1. The number of benzene rings is 1. The van der Waals surface area contributed by atoms with Gasteiger partial charge in [-0.25, -0.2) is 4.39 Å². The Kier molecular flexibility index (Phi) is 2.87. The van der Waals surface area contributed by atoms with Crippen LogP contribution in [0.4, 0.5) is 4.39 Å². The van der Waals surface area contributed by atoms with Gasteiger partial charge < -0.3 is 5.73 Å². The molecule has 1 aromatic carbocycles. The van der Waals surface area contributed by atoms with Gasteiger partial charge in [0.25, 0.3) is 0 Å². The molecule has 0 aliphatic carbocycles. The lowest BCUT2D eigenvalue weighted by molar-refractivity contribution is 0.393. The number of hydrogen-bond acceptors (Lipinski definition) is 2. The van der Waals surface area contributed by atoms with E-state index in [1.807, 2.05) is 0 Å². The number of nitriles is 1. The predicted molar refractivity (Wildman–Crippen MR) is 52.7 cm³/mol. The Bertz CT molecular complexity index is 349. The lowest BCUT2D eigenvalue weighted by Gasteiger charge is -2.24. The van der Waals surface area contributed by atoms with Crippen LogP contribution in [-0.4, -0.2) is 0 Å². The topological polar surface area (TPSA) is 49.8 Å². The molecule has 14 heavy (non-hydrogen) atoms. The molecule has 1 atom stereocenters. The van der Waals surface area contributed by atoms with E-state index in [0.29, 0.717) is 0 Å². The summed E-state index contributed by atoms with van der Waals surface area (Å²) >= 11 is 0. The Labute approximate surface area is 83.2 Å². The lowest BCUT2D eigenvalue weighted by Crippen LogP contribution is -2.27. The van der Waals surface area contributed by atoms with Gasteiger partial charge in [-0.05, 0) is 31.5 Å². The van der Waals surface area contributed by atoms with Crippen LogP contribution in [0.3, 0.4) is 0 Å². The fourth-order valence-electron chi connectivity index (χ4n) is 1.16. The molecule has 0 spiro atoms. The summed E-state index contributed by atoms with van der Waals surface area (Å²) in [5.74, 6) is -0.296. The van der Waals surface area contributed by atoms with E-state index in [1.54, 1.807) is 26.0 Å². The minimum absolute atomic E-state index is 0.296. The Hall–Kier alpha value is -1.40. The van der Waals surface area contributed by atoms with Crippen molar-refractivity contribution in [2.24, 2.45) is 11.1 Å².